The van der Waals surface area contributed by atoms with Crippen LogP contribution >= 0.6 is 0 Å². The SMILES string of the molecule is C=CCOC(=O)CCC/C=C\C[C@H]1C(O)CC(O)[C@@H]1/C=C/[C@@H](O)COc1cccc(C(F)(F)F)c1. The quantitative estimate of drug-likeness (QED) is 0.214. The lowest BCUT2D eigenvalue weighted by atomic mass is 9.89. The Morgan fingerprint density at radius 2 is 2.00 bits per heavy atom. The summed E-state index contributed by atoms with van der Waals surface area (Å²) in [4.78, 5) is 11.4. The van der Waals surface area contributed by atoms with Crippen molar-refractivity contribution in [2.24, 2.45) is 11.8 Å². The minimum absolute atomic E-state index is 0.0134. The van der Waals surface area contributed by atoms with E-state index < -0.39 is 36.0 Å². The van der Waals surface area contributed by atoms with E-state index in [0.29, 0.717) is 25.7 Å². The lowest BCUT2D eigenvalue weighted by molar-refractivity contribution is -0.142. The highest BCUT2D eigenvalue weighted by Gasteiger charge is 2.39. The number of aliphatic hydroxyl groups is 3. The average Bonchev–Trinajstić information content (AvgIpc) is 3.08. The fourth-order valence-corrected chi connectivity index (χ4v) is 3.92. The molecule has 0 amide bonds. The van der Waals surface area contributed by atoms with Crippen LogP contribution in [-0.4, -0.2) is 52.8 Å². The highest BCUT2D eigenvalue weighted by molar-refractivity contribution is 5.69. The van der Waals surface area contributed by atoms with Gasteiger partial charge in [0.15, 0.2) is 0 Å². The number of halogens is 3. The molecule has 5 atom stereocenters. The van der Waals surface area contributed by atoms with Gasteiger partial charge in [0.25, 0.3) is 0 Å². The number of benzene rings is 1. The summed E-state index contributed by atoms with van der Waals surface area (Å²) in [5.41, 5.74) is -0.841. The van der Waals surface area contributed by atoms with Crippen LogP contribution in [0.2, 0.25) is 0 Å². The van der Waals surface area contributed by atoms with Crippen LogP contribution in [0.1, 0.15) is 37.7 Å². The number of hydrogen-bond acceptors (Lipinski definition) is 6. The molecule has 1 aromatic carbocycles. The second-order valence-electron chi connectivity index (χ2n) is 8.47. The minimum Gasteiger partial charge on any atom is -0.491 e. The Morgan fingerprint density at radius 1 is 1.23 bits per heavy atom. The van der Waals surface area contributed by atoms with E-state index in [1.807, 2.05) is 12.2 Å². The first kappa shape index (κ1) is 28.6. The monoisotopic (exact) mass is 498 g/mol. The number of alkyl halides is 3. The maximum Gasteiger partial charge on any atom is 0.416 e. The molecule has 0 spiro atoms. The van der Waals surface area contributed by atoms with Crippen molar-refractivity contribution in [2.75, 3.05) is 13.2 Å². The lowest BCUT2D eigenvalue weighted by Crippen LogP contribution is -2.21. The van der Waals surface area contributed by atoms with E-state index in [-0.39, 0.29) is 37.3 Å². The molecule has 1 aliphatic rings. The van der Waals surface area contributed by atoms with E-state index in [0.717, 1.165) is 12.1 Å². The summed E-state index contributed by atoms with van der Waals surface area (Å²) in [6.45, 7) is 3.41. The molecule has 0 bridgehead atoms. The van der Waals surface area contributed by atoms with Gasteiger partial charge in [0.05, 0.1) is 17.8 Å². The molecule has 1 aromatic rings. The number of ether oxygens (including phenoxy) is 2. The second kappa shape index (κ2) is 14.1. The molecular weight excluding hydrogens is 465 g/mol. The second-order valence-corrected chi connectivity index (χ2v) is 8.47. The normalized spacial score (nSPS) is 23.6. The summed E-state index contributed by atoms with van der Waals surface area (Å²) in [5.74, 6) is -0.951. The standard InChI is InChI=1S/C26H33F3O6/c1-2-14-34-25(33)11-6-4-3-5-10-21-22(24(32)16-23(21)31)13-12-19(30)17-35-20-9-7-8-18(15-20)26(27,28)29/h2-3,5,7-9,12-13,15,19,21-24,30-32H,1,4,6,10-11,14,16-17H2/b5-3-,13-12+/t19-,21-,22-,23?,24?/m1/s1. The van der Waals surface area contributed by atoms with Crippen LogP contribution in [0.3, 0.4) is 0 Å². The molecule has 1 fully saturated rings. The van der Waals surface area contributed by atoms with Gasteiger partial charge in [-0.15, -0.1) is 0 Å². The highest BCUT2D eigenvalue weighted by Crippen LogP contribution is 2.36. The van der Waals surface area contributed by atoms with E-state index in [2.05, 4.69) is 6.58 Å². The molecule has 2 rings (SSSR count). The van der Waals surface area contributed by atoms with Gasteiger partial charge in [-0.2, -0.15) is 13.2 Å². The number of carbonyl (C=O) groups excluding carboxylic acids is 1. The predicted octanol–water partition coefficient (Wildman–Crippen LogP) is 4.21. The maximum atomic E-state index is 12.8. The van der Waals surface area contributed by atoms with Gasteiger partial charge in [-0.25, -0.2) is 0 Å². The minimum atomic E-state index is -4.49. The molecule has 35 heavy (non-hydrogen) atoms. The predicted molar refractivity (Wildman–Crippen MR) is 124 cm³/mol. The fourth-order valence-electron chi connectivity index (χ4n) is 3.92. The summed E-state index contributed by atoms with van der Waals surface area (Å²) in [6, 6.07) is 4.39. The molecule has 6 nitrogen and oxygen atoms in total. The van der Waals surface area contributed by atoms with E-state index in [4.69, 9.17) is 9.47 Å². The number of allylic oxidation sites excluding steroid dienone is 2. The maximum absolute atomic E-state index is 12.8. The number of rotatable bonds is 13. The van der Waals surface area contributed by atoms with Gasteiger partial charge in [0, 0.05) is 18.8 Å². The molecule has 1 saturated carbocycles. The van der Waals surface area contributed by atoms with Crippen LogP contribution in [-0.2, 0) is 15.7 Å². The number of carbonyl (C=O) groups is 1. The number of unbranched alkanes of at least 4 members (excludes halogenated alkanes) is 1. The van der Waals surface area contributed by atoms with Crippen LogP contribution < -0.4 is 4.74 Å². The number of esters is 1. The topological polar surface area (TPSA) is 96.2 Å². The van der Waals surface area contributed by atoms with E-state index in [1.54, 1.807) is 6.08 Å². The summed E-state index contributed by atoms with van der Waals surface area (Å²) < 4.78 is 48.6. The molecular formula is C26H33F3O6. The van der Waals surface area contributed by atoms with Crippen LogP contribution in [0.4, 0.5) is 13.2 Å². The van der Waals surface area contributed by atoms with Gasteiger partial charge < -0.3 is 24.8 Å². The first-order valence-corrected chi connectivity index (χ1v) is 11.6. The third-order valence-corrected chi connectivity index (χ3v) is 5.74. The van der Waals surface area contributed by atoms with E-state index in [9.17, 15) is 33.3 Å². The average molecular weight is 499 g/mol. The van der Waals surface area contributed by atoms with E-state index in [1.165, 1.54) is 24.3 Å². The molecule has 0 radical (unpaired) electrons. The molecule has 3 N–H and O–H groups in total. The molecule has 1 aliphatic carbocycles. The van der Waals surface area contributed by atoms with Crippen LogP contribution in [0.15, 0.2) is 61.2 Å². The number of aliphatic hydroxyl groups excluding tert-OH is 3. The Balaban J connectivity index is 1.82. The Morgan fingerprint density at radius 3 is 2.71 bits per heavy atom. The van der Waals surface area contributed by atoms with Crippen molar-refractivity contribution in [1.82, 2.24) is 0 Å². The zero-order valence-corrected chi connectivity index (χ0v) is 19.4. The van der Waals surface area contributed by atoms with Crippen LogP contribution in [0.25, 0.3) is 0 Å². The lowest BCUT2D eigenvalue weighted by Gasteiger charge is -2.19. The summed E-state index contributed by atoms with van der Waals surface area (Å²) in [5, 5.41) is 30.8. The fraction of sp³-hybridized carbons (Fsp3) is 0.500. The Labute approximate surface area is 203 Å². The Bertz CT molecular complexity index is 867. The van der Waals surface area contributed by atoms with Crippen LogP contribution in [0, 0.1) is 11.8 Å². The van der Waals surface area contributed by atoms with Crippen molar-refractivity contribution in [3.05, 3.63) is 66.8 Å². The van der Waals surface area contributed by atoms with Crippen molar-refractivity contribution in [3.63, 3.8) is 0 Å². The molecule has 0 saturated heterocycles. The number of hydrogen-bond donors (Lipinski definition) is 3. The zero-order chi connectivity index (χ0) is 25.8. The Kier molecular flexibility index (Phi) is 11.5. The van der Waals surface area contributed by atoms with E-state index >= 15 is 0 Å². The molecule has 2 unspecified atom stereocenters. The van der Waals surface area contributed by atoms with Crippen molar-refractivity contribution in [1.29, 1.82) is 0 Å². The third-order valence-electron chi connectivity index (χ3n) is 5.74. The molecule has 0 heterocycles. The van der Waals surface area contributed by atoms with Crippen molar-refractivity contribution < 1.29 is 42.8 Å². The van der Waals surface area contributed by atoms with Gasteiger partial charge in [-0.05, 0) is 43.4 Å². The van der Waals surface area contributed by atoms with Gasteiger partial charge >= 0.3 is 12.1 Å². The summed E-state index contributed by atoms with van der Waals surface area (Å²) >= 11 is 0. The van der Waals surface area contributed by atoms with Crippen LogP contribution in [0.5, 0.6) is 5.75 Å². The smallest absolute Gasteiger partial charge is 0.416 e. The van der Waals surface area contributed by atoms with Crippen molar-refractivity contribution in [2.45, 2.75) is 56.6 Å². The first-order chi connectivity index (χ1) is 16.6. The molecule has 0 aliphatic heterocycles. The summed E-state index contributed by atoms with van der Waals surface area (Å²) in [6.07, 6.45) is 3.58. The Hall–Kier alpha value is -2.62. The van der Waals surface area contributed by atoms with Gasteiger partial charge in [0.2, 0.25) is 0 Å². The van der Waals surface area contributed by atoms with Gasteiger partial charge in [-0.1, -0.05) is 43.0 Å². The van der Waals surface area contributed by atoms with Crippen molar-refractivity contribution >= 4 is 5.97 Å². The highest BCUT2D eigenvalue weighted by atomic mass is 19.4. The van der Waals surface area contributed by atoms with Gasteiger partial charge in [0.1, 0.15) is 25.1 Å². The largest absolute Gasteiger partial charge is 0.491 e. The third kappa shape index (κ3) is 9.87. The summed E-state index contributed by atoms with van der Waals surface area (Å²) in [7, 11) is 0. The molecule has 0 aromatic heterocycles. The first-order valence-electron chi connectivity index (χ1n) is 11.6. The van der Waals surface area contributed by atoms with Gasteiger partial charge in [-0.3, -0.25) is 4.79 Å². The molecule has 194 valence electrons. The molecule has 9 heteroatoms. The van der Waals surface area contributed by atoms with Crippen molar-refractivity contribution in [3.8, 4) is 5.75 Å². The zero-order valence-electron chi connectivity index (χ0n) is 19.4.